The Balaban J connectivity index is 2.30. The van der Waals surface area contributed by atoms with Crippen molar-refractivity contribution in [2.75, 3.05) is 14.1 Å². The smallest absolute Gasteiger partial charge is 0.108 e. The largest absolute Gasteiger partial charge is 0.392 e. The van der Waals surface area contributed by atoms with Gasteiger partial charge in [-0.25, -0.2) is 0 Å². The fourth-order valence-electron chi connectivity index (χ4n) is 1.90. The fraction of sp³-hybridized carbons (Fsp3) is 0.188. The molecular formula is C16H19N5. The average molecular weight is 281 g/mol. The van der Waals surface area contributed by atoms with Gasteiger partial charge in [-0.3, -0.25) is 15.4 Å². The number of nitrogens with one attached hydrogen (secondary N) is 2. The van der Waals surface area contributed by atoms with Crippen molar-refractivity contribution >= 4 is 17.1 Å². The molecule has 0 saturated heterocycles. The Kier molecular flexibility index (Phi) is 4.66. The van der Waals surface area contributed by atoms with E-state index in [1.807, 2.05) is 63.8 Å². The highest BCUT2D eigenvalue weighted by Crippen LogP contribution is 2.17. The first-order chi connectivity index (χ1) is 10.1. The third-order valence-electron chi connectivity index (χ3n) is 3.00. The number of hydrazone groups is 1. The van der Waals surface area contributed by atoms with E-state index >= 15 is 0 Å². The summed E-state index contributed by atoms with van der Waals surface area (Å²) in [6, 6.07) is 3.97. The molecule has 0 amide bonds. The topological polar surface area (TPSA) is 64.4 Å². The van der Waals surface area contributed by atoms with Gasteiger partial charge in [-0.15, -0.1) is 0 Å². The van der Waals surface area contributed by atoms with Crippen LogP contribution >= 0.6 is 0 Å². The Bertz CT molecular complexity index is 635. The lowest BCUT2D eigenvalue weighted by Crippen LogP contribution is -2.19. The molecule has 5 nitrogen and oxygen atoms in total. The van der Waals surface area contributed by atoms with Gasteiger partial charge in [0.05, 0.1) is 11.4 Å². The summed E-state index contributed by atoms with van der Waals surface area (Å²) in [4.78, 5) is 4.32. The Morgan fingerprint density at radius 2 is 2.10 bits per heavy atom. The van der Waals surface area contributed by atoms with Gasteiger partial charge in [-0.2, -0.15) is 5.10 Å². The van der Waals surface area contributed by atoms with Gasteiger partial charge in [0.1, 0.15) is 5.71 Å². The molecule has 0 saturated carbocycles. The molecule has 0 fully saturated rings. The van der Waals surface area contributed by atoms with Crippen LogP contribution in [0.3, 0.4) is 0 Å². The van der Waals surface area contributed by atoms with Crippen LogP contribution in [-0.2, 0) is 0 Å². The molecule has 0 spiro atoms. The van der Waals surface area contributed by atoms with Crippen molar-refractivity contribution in [3.05, 3.63) is 60.1 Å². The minimum Gasteiger partial charge on any atom is -0.392 e. The number of hydrogen-bond donors (Lipinski definition) is 2. The first kappa shape index (κ1) is 14.7. The Morgan fingerprint density at radius 1 is 1.33 bits per heavy atom. The Hall–Kier alpha value is -2.69. The lowest BCUT2D eigenvalue weighted by Gasteiger charge is -2.19. The van der Waals surface area contributed by atoms with Crippen LogP contribution in [0.5, 0.6) is 0 Å². The second-order valence-corrected chi connectivity index (χ2v) is 4.65. The van der Waals surface area contributed by atoms with Crippen LogP contribution in [0, 0.1) is 12.3 Å². The summed E-state index contributed by atoms with van der Waals surface area (Å²) in [5.74, 6) is 0. The van der Waals surface area contributed by atoms with Crippen molar-refractivity contribution in [1.82, 2.24) is 15.3 Å². The third-order valence-corrected chi connectivity index (χ3v) is 3.00. The average Bonchev–Trinajstić information content (AvgIpc) is 2.48. The van der Waals surface area contributed by atoms with Gasteiger partial charge in [-0.05, 0) is 31.2 Å². The summed E-state index contributed by atoms with van der Waals surface area (Å²) in [5, 5.41) is 17.1. The number of nitrogens with zero attached hydrogens (tertiary/aromatic N) is 3. The molecule has 1 aromatic rings. The van der Waals surface area contributed by atoms with E-state index in [4.69, 9.17) is 5.41 Å². The lowest BCUT2D eigenvalue weighted by molar-refractivity contribution is 0.515. The lowest BCUT2D eigenvalue weighted by atomic mass is 10.1. The molecule has 0 aromatic carbocycles. The number of aryl methyl sites for hydroxylation is 1. The van der Waals surface area contributed by atoms with E-state index < -0.39 is 0 Å². The summed E-state index contributed by atoms with van der Waals surface area (Å²) >= 11 is 0. The normalized spacial score (nSPS) is 16.4. The highest BCUT2D eigenvalue weighted by Gasteiger charge is 2.10. The molecule has 0 radical (unpaired) electrons. The number of aromatic nitrogens is 1. The number of allylic oxidation sites excluding steroid dienone is 4. The number of hydrogen-bond acceptors (Lipinski definition) is 5. The van der Waals surface area contributed by atoms with Crippen molar-refractivity contribution in [3.63, 3.8) is 0 Å². The van der Waals surface area contributed by atoms with Crippen molar-refractivity contribution in [3.8, 4) is 0 Å². The van der Waals surface area contributed by atoms with Gasteiger partial charge in [0.2, 0.25) is 0 Å². The van der Waals surface area contributed by atoms with E-state index in [0.29, 0.717) is 11.4 Å². The SMILES string of the molecule is CN/C=C(/c1ccc(C)nc1)N(C)/N=C1/C=CC=CC1=N. The van der Waals surface area contributed by atoms with E-state index in [-0.39, 0.29) is 0 Å². The van der Waals surface area contributed by atoms with Crippen LogP contribution in [0.4, 0.5) is 0 Å². The molecule has 1 aromatic heterocycles. The van der Waals surface area contributed by atoms with E-state index in [9.17, 15) is 0 Å². The molecule has 21 heavy (non-hydrogen) atoms. The minimum atomic E-state index is 0.398. The van der Waals surface area contributed by atoms with Crippen LogP contribution in [0.15, 0.2) is 53.9 Å². The zero-order valence-corrected chi connectivity index (χ0v) is 12.5. The first-order valence-electron chi connectivity index (χ1n) is 6.68. The highest BCUT2D eigenvalue weighted by atomic mass is 15.4. The molecular weight excluding hydrogens is 262 g/mol. The van der Waals surface area contributed by atoms with Crippen LogP contribution in [0.1, 0.15) is 11.3 Å². The van der Waals surface area contributed by atoms with Gasteiger partial charge in [0.15, 0.2) is 0 Å². The molecule has 2 N–H and O–H groups in total. The van der Waals surface area contributed by atoms with Crippen molar-refractivity contribution in [1.29, 1.82) is 5.41 Å². The monoisotopic (exact) mass is 281 g/mol. The Morgan fingerprint density at radius 3 is 2.71 bits per heavy atom. The van der Waals surface area contributed by atoms with Crippen LogP contribution in [0.2, 0.25) is 0 Å². The van der Waals surface area contributed by atoms with Gasteiger partial charge < -0.3 is 5.32 Å². The molecule has 2 rings (SSSR count). The second-order valence-electron chi connectivity index (χ2n) is 4.65. The van der Waals surface area contributed by atoms with Crippen LogP contribution in [-0.4, -0.2) is 35.5 Å². The molecule has 0 unspecified atom stereocenters. The predicted molar refractivity (Wildman–Crippen MR) is 87.2 cm³/mol. The molecule has 1 aliphatic rings. The molecule has 1 heterocycles. The second kappa shape index (κ2) is 6.65. The van der Waals surface area contributed by atoms with E-state index in [2.05, 4.69) is 15.4 Å². The van der Waals surface area contributed by atoms with Crippen molar-refractivity contribution < 1.29 is 0 Å². The van der Waals surface area contributed by atoms with Crippen molar-refractivity contribution in [2.45, 2.75) is 6.92 Å². The van der Waals surface area contributed by atoms with E-state index in [1.54, 1.807) is 11.1 Å². The summed E-state index contributed by atoms with van der Waals surface area (Å²) in [6.45, 7) is 1.95. The maximum atomic E-state index is 7.87. The summed E-state index contributed by atoms with van der Waals surface area (Å²) in [6.07, 6.45) is 10.9. The summed E-state index contributed by atoms with van der Waals surface area (Å²) in [7, 11) is 3.70. The zero-order chi connectivity index (χ0) is 15.2. The van der Waals surface area contributed by atoms with Gasteiger partial charge in [0, 0.05) is 37.7 Å². The van der Waals surface area contributed by atoms with Crippen LogP contribution < -0.4 is 5.32 Å². The summed E-state index contributed by atoms with van der Waals surface area (Å²) in [5.41, 5.74) is 3.84. The molecule has 1 aliphatic carbocycles. The van der Waals surface area contributed by atoms with Crippen LogP contribution in [0.25, 0.3) is 5.70 Å². The molecule has 108 valence electrons. The zero-order valence-electron chi connectivity index (χ0n) is 12.5. The maximum absolute atomic E-state index is 7.87. The quantitative estimate of drug-likeness (QED) is 0.657. The van der Waals surface area contributed by atoms with E-state index in [1.165, 1.54) is 0 Å². The molecule has 5 heteroatoms. The fourth-order valence-corrected chi connectivity index (χ4v) is 1.90. The number of pyridine rings is 1. The molecule has 0 aliphatic heterocycles. The van der Waals surface area contributed by atoms with E-state index in [0.717, 1.165) is 17.0 Å². The molecule has 0 atom stereocenters. The molecule has 0 bridgehead atoms. The highest BCUT2D eigenvalue weighted by molar-refractivity contribution is 6.49. The van der Waals surface area contributed by atoms with Gasteiger partial charge in [-0.1, -0.05) is 12.2 Å². The standard InChI is InChI=1S/C16H19N5/c1-12-8-9-13(10-19-12)16(11-18-2)21(3)20-15-7-5-4-6-14(15)17/h4-11,17-18H,1-3H3/b16-11-,17-14?,20-15-. The minimum absolute atomic E-state index is 0.398. The van der Waals surface area contributed by atoms with Gasteiger partial charge >= 0.3 is 0 Å². The van der Waals surface area contributed by atoms with Gasteiger partial charge in [0.25, 0.3) is 0 Å². The predicted octanol–water partition coefficient (Wildman–Crippen LogP) is 2.34. The first-order valence-corrected chi connectivity index (χ1v) is 6.68. The third kappa shape index (κ3) is 3.66. The summed E-state index contributed by atoms with van der Waals surface area (Å²) < 4.78 is 0. The maximum Gasteiger partial charge on any atom is 0.108 e. The van der Waals surface area contributed by atoms with Crippen molar-refractivity contribution in [2.24, 2.45) is 5.10 Å². The Labute approximate surface area is 124 Å². The number of rotatable bonds is 4.